The lowest BCUT2D eigenvalue weighted by Crippen LogP contribution is -2.39. The molecule has 4 heteroatoms. The molecule has 0 fully saturated rings. The van der Waals surface area contributed by atoms with E-state index in [1.807, 2.05) is 13.8 Å². The summed E-state index contributed by atoms with van der Waals surface area (Å²) in [6, 6.07) is 3.74. The van der Waals surface area contributed by atoms with Crippen LogP contribution in [-0.4, -0.2) is 12.6 Å². The van der Waals surface area contributed by atoms with Crippen molar-refractivity contribution < 1.29 is 8.78 Å². The molecule has 3 N–H and O–H groups in total. The van der Waals surface area contributed by atoms with Gasteiger partial charge in [-0.05, 0) is 12.0 Å². The van der Waals surface area contributed by atoms with Gasteiger partial charge in [-0.1, -0.05) is 19.9 Å². The van der Waals surface area contributed by atoms with E-state index in [4.69, 9.17) is 5.73 Å². The molecule has 1 atom stereocenters. The maximum Gasteiger partial charge on any atom is 0.130 e. The summed E-state index contributed by atoms with van der Waals surface area (Å²) in [5.74, 6) is -0.693. The molecule has 0 bridgehead atoms. The van der Waals surface area contributed by atoms with E-state index in [0.717, 1.165) is 6.07 Å². The SMILES string of the molecule is CC(C)C(CN)NCc1ccc(F)cc1F. The number of hydrogen-bond acceptors (Lipinski definition) is 2. The van der Waals surface area contributed by atoms with Crippen LogP contribution in [-0.2, 0) is 6.54 Å². The highest BCUT2D eigenvalue weighted by molar-refractivity contribution is 5.18. The van der Waals surface area contributed by atoms with Crippen molar-refractivity contribution in [3.63, 3.8) is 0 Å². The largest absolute Gasteiger partial charge is 0.329 e. The van der Waals surface area contributed by atoms with Gasteiger partial charge in [0.15, 0.2) is 0 Å². The van der Waals surface area contributed by atoms with Crippen LogP contribution in [0, 0.1) is 17.6 Å². The molecule has 1 unspecified atom stereocenters. The molecule has 0 aliphatic rings. The zero-order valence-electron chi connectivity index (χ0n) is 9.63. The van der Waals surface area contributed by atoms with E-state index in [1.54, 1.807) is 0 Å². The van der Waals surface area contributed by atoms with Gasteiger partial charge in [-0.3, -0.25) is 0 Å². The van der Waals surface area contributed by atoms with E-state index < -0.39 is 11.6 Å². The Bertz CT molecular complexity index is 340. The van der Waals surface area contributed by atoms with Gasteiger partial charge in [0.25, 0.3) is 0 Å². The van der Waals surface area contributed by atoms with Crippen molar-refractivity contribution in [1.29, 1.82) is 0 Å². The van der Waals surface area contributed by atoms with Crippen molar-refractivity contribution >= 4 is 0 Å². The second kappa shape index (κ2) is 5.92. The summed E-state index contributed by atoms with van der Waals surface area (Å²) < 4.78 is 26.0. The molecule has 0 spiro atoms. The van der Waals surface area contributed by atoms with Crippen LogP contribution < -0.4 is 11.1 Å². The molecule has 0 aromatic heterocycles. The summed E-state index contributed by atoms with van der Waals surface area (Å²) >= 11 is 0. The van der Waals surface area contributed by atoms with Gasteiger partial charge >= 0.3 is 0 Å². The fraction of sp³-hybridized carbons (Fsp3) is 0.500. The predicted octanol–water partition coefficient (Wildman–Crippen LogP) is 2.04. The van der Waals surface area contributed by atoms with Crippen LogP contribution >= 0.6 is 0 Å². The molecule has 1 aromatic rings. The molecule has 0 saturated carbocycles. The number of hydrogen-bond donors (Lipinski definition) is 2. The van der Waals surface area contributed by atoms with E-state index in [-0.39, 0.29) is 6.04 Å². The average molecular weight is 228 g/mol. The molecule has 0 amide bonds. The Morgan fingerprint density at radius 3 is 2.50 bits per heavy atom. The minimum absolute atomic E-state index is 0.143. The molecule has 90 valence electrons. The highest BCUT2D eigenvalue weighted by Gasteiger charge is 2.11. The van der Waals surface area contributed by atoms with Gasteiger partial charge in [0.05, 0.1) is 0 Å². The van der Waals surface area contributed by atoms with Crippen molar-refractivity contribution in [2.24, 2.45) is 11.7 Å². The quantitative estimate of drug-likeness (QED) is 0.809. The van der Waals surface area contributed by atoms with E-state index >= 15 is 0 Å². The van der Waals surface area contributed by atoms with Crippen LogP contribution in [0.2, 0.25) is 0 Å². The molecule has 0 saturated heterocycles. The van der Waals surface area contributed by atoms with Crippen LogP contribution in [0.4, 0.5) is 8.78 Å². The van der Waals surface area contributed by atoms with Gasteiger partial charge < -0.3 is 11.1 Å². The smallest absolute Gasteiger partial charge is 0.130 e. The summed E-state index contributed by atoms with van der Waals surface area (Å²) in [5.41, 5.74) is 6.04. The average Bonchev–Trinajstić information content (AvgIpc) is 2.21. The monoisotopic (exact) mass is 228 g/mol. The van der Waals surface area contributed by atoms with E-state index in [0.29, 0.717) is 24.6 Å². The summed E-state index contributed by atoms with van der Waals surface area (Å²) in [6.45, 7) is 4.96. The summed E-state index contributed by atoms with van der Waals surface area (Å²) in [7, 11) is 0. The van der Waals surface area contributed by atoms with E-state index in [9.17, 15) is 8.78 Å². The van der Waals surface area contributed by atoms with Crippen molar-refractivity contribution in [3.05, 3.63) is 35.4 Å². The maximum absolute atomic E-state index is 13.3. The molecule has 0 aliphatic carbocycles. The maximum atomic E-state index is 13.3. The molecule has 0 radical (unpaired) electrons. The molecule has 16 heavy (non-hydrogen) atoms. The Morgan fingerprint density at radius 1 is 1.31 bits per heavy atom. The molecular weight excluding hydrogens is 210 g/mol. The number of halogens is 2. The molecular formula is C12H18F2N2. The second-order valence-corrected chi connectivity index (χ2v) is 4.20. The highest BCUT2D eigenvalue weighted by atomic mass is 19.1. The lowest BCUT2D eigenvalue weighted by Gasteiger charge is -2.20. The molecule has 0 aliphatic heterocycles. The number of rotatable bonds is 5. The van der Waals surface area contributed by atoms with Gasteiger partial charge in [-0.2, -0.15) is 0 Å². The Labute approximate surface area is 94.8 Å². The first-order valence-electron chi connectivity index (χ1n) is 5.42. The summed E-state index contributed by atoms with van der Waals surface area (Å²) in [6.07, 6.45) is 0. The zero-order chi connectivity index (χ0) is 12.1. The van der Waals surface area contributed by atoms with Crippen molar-refractivity contribution in [1.82, 2.24) is 5.32 Å². The molecule has 0 heterocycles. The third kappa shape index (κ3) is 3.54. The zero-order valence-corrected chi connectivity index (χ0v) is 9.63. The third-order valence-corrected chi connectivity index (χ3v) is 2.63. The predicted molar refractivity (Wildman–Crippen MR) is 60.9 cm³/mol. The number of nitrogens with two attached hydrogens (primary N) is 1. The lowest BCUT2D eigenvalue weighted by atomic mass is 10.0. The van der Waals surface area contributed by atoms with Crippen molar-refractivity contribution in [2.45, 2.75) is 26.4 Å². The van der Waals surface area contributed by atoms with Crippen LogP contribution in [0.25, 0.3) is 0 Å². The minimum Gasteiger partial charge on any atom is -0.329 e. The van der Waals surface area contributed by atoms with Gasteiger partial charge in [-0.25, -0.2) is 8.78 Å². The molecule has 2 nitrogen and oxygen atoms in total. The topological polar surface area (TPSA) is 38.0 Å². The first-order valence-corrected chi connectivity index (χ1v) is 5.42. The Kier molecular flexibility index (Phi) is 4.83. The van der Waals surface area contributed by atoms with Gasteiger partial charge in [0.1, 0.15) is 11.6 Å². The Balaban J connectivity index is 2.60. The first kappa shape index (κ1) is 13.1. The van der Waals surface area contributed by atoms with Crippen molar-refractivity contribution in [3.8, 4) is 0 Å². The molecule has 1 aromatic carbocycles. The highest BCUT2D eigenvalue weighted by Crippen LogP contribution is 2.10. The molecule has 1 rings (SSSR count). The number of benzene rings is 1. The van der Waals surface area contributed by atoms with Gasteiger partial charge in [-0.15, -0.1) is 0 Å². The van der Waals surface area contributed by atoms with Gasteiger partial charge in [0, 0.05) is 30.8 Å². The van der Waals surface area contributed by atoms with Crippen molar-refractivity contribution in [2.75, 3.05) is 6.54 Å². The second-order valence-electron chi connectivity index (χ2n) is 4.20. The van der Waals surface area contributed by atoms with Crippen LogP contribution in [0.3, 0.4) is 0 Å². The van der Waals surface area contributed by atoms with Crippen LogP contribution in [0.5, 0.6) is 0 Å². The Hall–Kier alpha value is -1.00. The first-order chi connectivity index (χ1) is 7.54. The van der Waals surface area contributed by atoms with Crippen LogP contribution in [0.1, 0.15) is 19.4 Å². The fourth-order valence-corrected chi connectivity index (χ4v) is 1.50. The number of nitrogens with one attached hydrogen (secondary N) is 1. The van der Waals surface area contributed by atoms with Crippen LogP contribution in [0.15, 0.2) is 18.2 Å². The summed E-state index contributed by atoms with van der Waals surface area (Å²) in [4.78, 5) is 0. The summed E-state index contributed by atoms with van der Waals surface area (Å²) in [5, 5.41) is 3.16. The van der Waals surface area contributed by atoms with E-state index in [1.165, 1.54) is 12.1 Å². The minimum atomic E-state index is -0.555. The lowest BCUT2D eigenvalue weighted by molar-refractivity contribution is 0.401. The normalized spacial score (nSPS) is 13.1. The van der Waals surface area contributed by atoms with E-state index in [2.05, 4.69) is 5.32 Å². The fourth-order valence-electron chi connectivity index (χ4n) is 1.50. The standard InChI is InChI=1S/C12H18F2N2/c1-8(2)12(6-15)16-7-9-3-4-10(13)5-11(9)14/h3-5,8,12,16H,6-7,15H2,1-2H3. The Morgan fingerprint density at radius 2 is 2.00 bits per heavy atom. The third-order valence-electron chi connectivity index (χ3n) is 2.63. The van der Waals surface area contributed by atoms with Gasteiger partial charge in [0.2, 0.25) is 0 Å².